The SMILES string of the molecule is CCOC(=O)C(Cl)N=Nc1sc(C)c(C)c1C(=O)c1ccccc1. The monoisotopic (exact) mass is 364 g/mol. The van der Waals surface area contributed by atoms with Crippen molar-refractivity contribution in [3.63, 3.8) is 0 Å². The molecule has 0 aliphatic heterocycles. The number of ketones is 1. The summed E-state index contributed by atoms with van der Waals surface area (Å²) in [6.07, 6.45) is 0. The Labute approximate surface area is 149 Å². The average Bonchev–Trinajstić information content (AvgIpc) is 2.87. The number of nitrogens with zero attached hydrogens (tertiary/aromatic N) is 2. The Kier molecular flexibility index (Phi) is 6.23. The van der Waals surface area contributed by atoms with Gasteiger partial charge in [0.15, 0.2) is 5.78 Å². The van der Waals surface area contributed by atoms with Gasteiger partial charge in [-0.15, -0.1) is 16.5 Å². The van der Waals surface area contributed by atoms with Crippen molar-refractivity contribution in [3.05, 3.63) is 51.9 Å². The molecule has 1 atom stereocenters. The van der Waals surface area contributed by atoms with E-state index in [9.17, 15) is 9.59 Å². The summed E-state index contributed by atoms with van der Waals surface area (Å²) < 4.78 is 4.78. The van der Waals surface area contributed by atoms with Crippen molar-refractivity contribution in [2.24, 2.45) is 10.2 Å². The smallest absolute Gasteiger partial charge is 0.348 e. The standard InChI is InChI=1S/C17H17ClN2O3S/c1-4-23-17(22)15(18)19-20-16-13(10(2)11(3)24-16)14(21)12-8-6-5-7-9-12/h5-9,15H,4H2,1-3H3. The molecule has 0 bridgehead atoms. The molecule has 1 aromatic carbocycles. The second-order valence-electron chi connectivity index (χ2n) is 4.96. The Morgan fingerprint density at radius 3 is 2.54 bits per heavy atom. The molecule has 7 heteroatoms. The largest absolute Gasteiger partial charge is 0.463 e. The van der Waals surface area contributed by atoms with Crippen LogP contribution in [0.15, 0.2) is 40.6 Å². The second kappa shape index (κ2) is 8.17. The number of halogens is 1. The van der Waals surface area contributed by atoms with Gasteiger partial charge in [0.05, 0.1) is 12.2 Å². The predicted octanol–water partition coefficient (Wildman–Crippen LogP) is 4.81. The quantitative estimate of drug-likeness (QED) is 0.243. The Morgan fingerprint density at radius 2 is 1.92 bits per heavy atom. The summed E-state index contributed by atoms with van der Waals surface area (Å²) in [5, 5.41) is 8.24. The van der Waals surface area contributed by atoms with Crippen LogP contribution >= 0.6 is 22.9 Å². The summed E-state index contributed by atoms with van der Waals surface area (Å²) in [5.74, 6) is -0.794. The van der Waals surface area contributed by atoms with Crippen LogP contribution in [-0.4, -0.2) is 23.9 Å². The summed E-state index contributed by atoms with van der Waals surface area (Å²) in [6.45, 7) is 5.67. The second-order valence-corrected chi connectivity index (χ2v) is 6.58. The van der Waals surface area contributed by atoms with Gasteiger partial charge < -0.3 is 4.74 Å². The van der Waals surface area contributed by atoms with Gasteiger partial charge in [-0.25, -0.2) is 4.79 Å². The van der Waals surface area contributed by atoms with Gasteiger partial charge >= 0.3 is 5.97 Å². The molecule has 24 heavy (non-hydrogen) atoms. The van der Waals surface area contributed by atoms with Gasteiger partial charge in [-0.1, -0.05) is 41.9 Å². The van der Waals surface area contributed by atoms with Crippen LogP contribution in [0, 0.1) is 13.8 Å². The number of hydrogen-bond donors (Lipinski definition) is 0. The van der Waals surface area contributed by atoms with Crippen molar-refractivity contribution in [2.45, 2.75) is 26.3 Å². The number of thiophene rings is 1. The van der Waals surface area contributed by atoms with Gasteiger partial charge in [0.1, 0.15) is 5.00 Å². The van der Waals surface area contributed by atoms with E-state index in [1.807, 2.05) is 19.9 Å². The lowest BCUT2D eigenvalue weighted by Gasteiger charge is -2.03. The highest BCUT2D eigenvalue weighted by Crippen LogP contribution is 2.36. The van der Waals surface area contributed by atoms with Crippen molar-refractivity contribution in [3.8, 4) is 0 Å². The number of rotatable bonds is 6. The van der Waals surface area contributed by atoms with E-state index < -0.39 is 11.5 Å². The molecule has 0 aliphatic carbocycles. The number of carbonyl (C=O) groups is 2. The lowest BCUT2D eigenvalue weighted by molar-refractivity contribution is -0.142. The van der Waals surface area contributed by atoms with Crippen LogP contribution in [0.2, 0.25) is 0 Å². The molecule has 0 aliphatic rings. The maximum atomic E-state index is 12.8. The summed E-state index contributed by atoms with van der Waals surface area (Å²) in [5.41, 5.74) is 0.681. The molecule has 0 radical (unpaired) electrons. The topological polar surface area (TPSA) is 68.1 Å². The fourth-order valence-electron chi connectivity index (χ4n) is 2.04. The first-order chi connectivity index (χ1) is 11.5. The fourth-order valence-corrected chi connectivity index (χ4v) is 3.13. The molecule has 126 valence electrons. The highest BCUT2D eigenvalue weighted by molar-refractivity contribution is 7.16. The highest BCUT2D eigenvalue weighted by atomic mass is 35.5. The molecule has 0 saturated heterocycles. The van der Waals surface area contributed by atoms with E-state index in [0.29, 0.717) is 16.1 Å². The van der Waals surface area contributed by atoms with E-state index in [0.717, 1.165) is 10.4 Å². The zero-order valence-electron chi connectivity index (χ0n) is 13.6. The van der Waals surface area contributed by atoms with Crippen LogP contribution in [-0.2, 0) is 9.53 Å². The Morgan fingerprint density at radius 1 is 1.25 bits per heavy atom. The number of azo groups is 1. The van der Waals surface area contributed by atoms with Crippen molar-refractivity contribution in [2.75, 3.05) is 6.61 Å². The molecule has 2 rings (SSSR count). The van der Waals surface area contributed by atoms with E-state index in [-0.39, 0.29) is 12.4 Å². The van der Waals surface area contributed by atoms with Crippen LogP contribution in [0.3, 0.4) is 0 Å². The van der Waals surface area contributed by atoms with E-state index >= 15 is 0 Å². The molecule has 1 aromatic heterocycles. The first-order valence-electron chi connectivity index (χ1n) is 7.37. The number of esters is 1. The zero-order valence-corrected chi connectivity index (χ0v) is 15.1. The molecule has 5 nitrogen and oxygen atoms in total. The lowest BCUT2D eigenvalue weighted by atomic mass is 10.0. The van der Waals surface area contributed by atoms with Gasteiger partial charge in [-0.2, -0.15) is 5.11 Å². The minimum atomic E-state index is -1.23. The van der Waals surface area contributed by atoms with Crippen LogP contribution in [0.25, 0.3) is 0 Å². The molecular formula is C17H17ClN2O3S. The van der Waals surface area contributed by atoms with Gasteiger partial charge in [0.25, 0.3) is 0 Å². The first-order valence-corrected chi connectivity index (χ1v) is 8.62. The van der Waals surface area contributed by atoms with Crippen molar-refractivity contribution in [1.29, 1.82) is 0 Å². The van der Waals surface area contributed by atoms with Crippen LogP contribution in [0.5, 0.6) is 0 Å². The normalized spacial score (nSPS) is 12.3. The first kappa shape index (κ1) is 18.3. The third-order valence-corrected chi connectivity index (χ3v) is 4.72. The Balaban J connectivity index is 2.34. The number of aryl methyl sites for hydroxylation is 1. The fraction of sp³-hybridized carbons (Fsp3) is 0.294. The van der Waals surface area contributed by atoms with E-state index in [1.54, 1.807) is 31.2 Å². The Hall–Kier alpha value is -2.05. The van der Waals surface area contributed by atoms with E-state index in [1.165, 1.54) is 11.3 Å². The van der Waals surface area contributed by atoms with Gasteiger partial charge in [-0.05, 0) is 26.3 Å². The molecular weight excluding hydrogens is 348 g/mol. The molecule has 1 heterocycles. The van der Waals surface area contributed by atoms with E-state index in [4.69, 9.17) is 16.3 Å². The zero-order chi connectivity index (χ0) is 17.7. The predicted molar refractivity (Wildman–Crippen MR) is 94.5 cm³/mol. The van der Waals surface area contributed by atoms with Gasteiger partial charge in [0, 0.05) is 10.4 Å². The summed E-state index contributed by atoms with van der Waals surface area (Å²) in [7, 11) is 0. The molecule has 0 fully saturated rings. The molecule has 0 spiro atoms. The molecule has 0 saturated carbocycles. The van der Waals surface area contributed by atoms with Gasteiger partial charge in [0.2, 0.25) is 5.50 Å². The third kappa shape index (κ3) is 4.07. The summed E-state index contributed by atoms with van der Waals surface area (Å²) >= 11 is 7.18. The minimum absolute atomic E-state index is 0.131. The maximum Gasteiger partial charge on any atom is 0.348 e. The molecule has 0 N–H and O–H groups in total. The van der Waals surface area contributed by atoms with E-state index in [2.05, 4.69) is 10.2 Å². The van der Waals surface area contributed by atoms with Crippen LogP contribution in [0.4, 0.5) is 5.00 Å². The lowest BCUT2D eigenvalue weighted by Crippen LogP contribution is -2.15. The molecule has 2 aromatic rings. The Bertz CT molecular complexity index is 772. The van der Waals surface area contributed by atoms with Crippen molar-refractivity contribution >= 4 is 39.7 Å². The number of ether oxygens (including phenoxy) is 1. The van der Waals surface area contributed by atoms with Crippen LogP contribution in [0.1, 0.15) is 33.3 Å². The molecule has 0 amide bonds. The maximum absolute atomic E-state index is 12.8. The minimum Gasteiger partial charge on any atom is -0.463 e. The average molecular weight is 365 g/mol. The number of benzene rings is 1. The van der Waals surface area contributed by atoms with Gasteiger partial charge in [-0.3, -0.25) is 4.79 Å². The molecule has 1 unspecified atom stereocenters. The highest BCUT2D eigenvalue weighted by Gasteiger charge is 2.22. The number of carbonyl (C=O) groups excluding carboxylic acids is 2. The number of alkyl halides is 1. The third-order valence-electron chi connectivity index (χ3n) is 3.36. The summed E-state index contributed by atoms with van der Waals surface area (Å²) in [6, 6.07) is 8.95. The van der Waals surface area contributed by atoms with Crippen molar-refractivity contribution < 1.29 is 14.3 Å². The number of hydrogen-bond acceptors (Lipinski definition) is 6. The van der Waals surface area contributed by atoms with Crippen molar-refractivity contribution in [1.82, 2.24) is 0 Å². The summed E-state index contributed by atoms with van der Waals surface area (Å²) in [4.78, 5) is 25.2. The van der Waals surface area contributed by atoms with Crippen LogP contribution < -0.4 is 0 Å².